The lowest BCUT2D eigenvalue weighted by molar-refractivity contribution is 0.122. The van der Waals surface area contributed by atoms with Crippen LogP contribution >= 0.6 is 0 Å². The molecule has 0 aliphatic heterocycles. The van der Waals surface area contributed by atoms with Crippen molar-refractivity contribution in [1.82, 2.24) is 0 Å². The van der Waals surface area contributed by atoms with Crippen molar-refractivity contribution >= 4 is 6.08 Å². The SMILES string of the molecule is C=C(/C=C/c1ccc(-c2ccc(C3CCC(O)CC3)c(F)c2F)cc1)/C=C(/F)C(=C)OC.C=CC. The smallest absolute Gasteiger partial charge is 0.166 e. The van der Waals surface area contributed by atoms with Crippen molar-refractivity contribution < 1.29 is 23.0 Å². The minimum Gasteiger partial charge on any atom is -0.494 e. The Labute approximate surface area is 206 Å². The molecule has 35 heavy (non-hydrogen) atoms. The molecule has 0 amide bonds. The van der Waals surface area contributed by atoms with E-state index in [-0.39, 0.29) is 23.3 Å². The molecule has 0 aromatic heterocycles. The fourth-order valence-electron chi connectivity index (χ4n) is 3.86. The minimum absolute atomic E-state index is 0.0671. The fraction of sp³-hybridized carbons (Fsp3) is 0.267. The molecule has 0 saturated heterocycles. The predicted molar refractivity (Wildman–Crippen MR) is 138 cm³/mol. The molecule has 0 heterocycles. The highest BCUT2D eigenvalue weighted by atomic mass is 19.2. The van der Waals surface area contributed by atoms with Gasteiger partial charge in [0.1, 0.15) is 5.76 Å². The summed E-state index contributed by atoms with van der Waals surface area (Å²) in [5.41, 5.74) is 2.36. The molecule has 1 saturated carbocycles. The Kier molecular flexibility index (Phi) is 10.8. The summed E-state index contributed by atoms with van der Waals surface area (Å²) in [6.07, 6.45) is 8.52. The second kappa shape index (κ2) is 13.5. The lowest BCUT2D eigenvalue weighted by Crippen LogP contribution is -2.18. The minimum atomic E-state index is -0.857. The van der Waals surface area contributed by atoms with Crippen LogP contribution in [0.4, 0.5) is 13.2 Å². The van der Waals surface area contributed by atoms with Crippen LogP contribution in [-0.2, 0) is 4.74 Å². The van der Waals surface area contributed by atoms with Crippen molar-refractivity contribution in [2.75, 3.05) is 7.11 Å². The normalized spacial score (nSPS) is 17.9. The summed E-state index contributed by atoms with van der Waals surface area (Å²) in [6.45, 7) is 12.4. The second-order valence-corrected chi connectivity index (χ2v) is 8.39. The molecule has 0 spiro atoms. The van der Waals surface area contributed by atoms with Gasteiger partial charge in [-0.2, -0.15) is 0 Å². The van der Waals surface area contributed by atoms with Crippen molar-refractivity contribution in [2.24, 2.45) is 0 Å². The molecule has 186 valence electrons. The molecule has 0 radical (unpaired) electrons. The van der Waals surface area contributed by atoms with Gasteiger partial charge < -0.3 is 9.84 Å². The van der Waals surface area contributed by atoms with Crippen LogP contribution in [0, 0.1) is 11.6 Å². The van der Waals surface area contributed by atoms with Gasteiger partial charge in [0.15, 0.2) is 17.5 Å². The first-order valence-corrected chi connectivity index (χ1v) is 11.5. The lowest BCUT2D eigenvalue weighted by atomic mass is 9.82. The highest BCUT2D eigenvalue weighted by molar-refractivity contribution is 5.67. The van der Waals surface area contributed by atoms with Crippen molar-refractivity contribution in [3.8, 4) is 11.1 Å². The van der Waals surface area contributed by atoms with Crippen LogP contribution in [0.25, 0.3) is 17.2 Å². The molecule has 1 aliphatic rings. The topological polar surface area (TPSA) is 29.5 Å². The maximum Gasteiger partial charge on any atom is 0.166 e. The Hall–Kier alpha value is -3.31. The van der Waals surface area contributed by atoms with E-state index in [1.807, 2.05) is 6.92 Å². The summed E-state index contributed by atoms with van der Waals surface area (Å²) in [5.74, 6) is -2.42. The van der Waals surface area contributed by atoms with Crippen LogP contribution in [-0.4, -0.2) is 18.3 Å². The van der Waals surface area contributed by atoms with Gasteiger partial charge in [-0.15, -0.1) is 6.58 Å². The van der Waals surface area contributed by atoms with Gasteiger partial charge in [0.05, 0.1) is 13.2 Å². The number of ether oxygens (including phenoxy) is 1. The molecular formula is C30H33F3O2. The molecule has 1 aliphatic carbocycles. The number of halogens is 3. The van der Waals surface area contributed by atoms with Gasteiger partial charge in [-0.3, -0.25) is 0 Å². The first kappa shape index (κ1) is 27.9. The Morgan fingerprint density at radius 1 is 1.00 bits per heavy atom. The lowest BCUT2D eigenvalue weighted by Gasteiger charge is -2.26. The van der Waals surface area contributed by atoms with E-state index in [1.165, 1.54) is 13.2 Å². The van der Waals surface area contributed by atoms with Gasteiger partial charge in [0, 0.05) is 5.56 Å². The zero-order chi connectivity index (χ0) is 26.0. The molecule has 2 aromatic carbocycles. The monoisotopic (exact) mass is 482 g/mol. The van der Waals surface area contributed by atoms with Crippen LogP contribution in [0.3, 0.4) is 0 Å². The summed E-state index contributed by atoms with van der Waals surface area (Å²) in [5, 5.41) is 9.65. The average Bonchev–Trinajstić information content (AvgIpc) is 2.85. The molecule has 0 atom stereocenters. The van der Waals surface area contributed by atoms with Crippen LogP contribution in [0.5, 0.6) is 0 Å². The molecule has 0 bridgehead atoms. The van der Waals surface area contributed by atoms with Crippen LogP contribution in [0.1, 0.15) is 49.7 Å². The first-order valence-electron chi connectivity index (χ1n) is 11.5. The highest BCUT2D eigenvalue weighted by Gasteiger charge is 2.25. The predicted octanol–water partition coefficient (Wildman–Crippen LogP) is 8.43. The summed E-state index contributed by atoms with van der Waals surface area (Å²) in [6, 6.07) is 10.2. The molecule has 1 N–H and O–H groups in total. The second-order valence-electron chi connectivity index (χ2n) is 8.39. The largest absolute Gasteiger partial charge is 0.494 e. The number of benzene rings is 2. The molecule has 1 fully saturated rings. The van der Waals surface area contributed by atoms with E-state index in [0.29, 0.717) is 42.4 Å². The molecular weight excluding hydrogens is 449 g/mol. The van der Waals surface area contributed by atoms with Gasteiger partial charge in [-0.1, -0.05) is 67.8 Å². The quantitative estimate of drug-likeness (QED) is 0.244. The first-order chi connectivity index (χ1) is 16.7. The number of allylic oxidation sites excluding steroid dienone is 5. The third-order valence-corrected chi connectivity index (χ3v) is 5.79. The van der Waals surface area contributed by atoms with E-state index >= 15 is 0 Å². The van der Waals surface area contributed by atoms with Crippen molar-refractivity contribution in [3.63, 3.8) is 0 Å². The number of methoxy groups -OCH3 is 1. The zero-order valence-electron chi connectivity index (χ0n) is 20.4. The van der Waals surface area contributed by atoms with E-state index in [1.54, 1.807) is 54.6 Å². The Morgan fingerprint density at radius 3 is 2.17 bits per heavy atom. The van der Waals surface area contributed by atoms with E-state index < -0.39 is 17.5 Å². The van der Waals surface area contributed by atoms with E-state index in [0.717, 1.165) is 5.56 Å². The zero-order valence-corrected chi connectivity index (χ0v) is 20.4. The standard InChI is InChI=1S/C27H27F3O2.C3H6/c1-17(16-25(28)18(2)32-3)4-5-19-6-8-20(9-7-19)23-14-15-24(27(30)26(23)29)21-10-12-22(31)13-11-21;1-3-2/h4-9,14-16,21-22,31H,1-2,10-13H2,3H3;3H,1H2,2H3/b5-4+,25-16+;. The maximum atomic E-state index is 14.8. The van der Waals surface area contributed by atoms with Gasteiger partial charge in [-0.25, -0.2) is 13.2 Å². The van der Waals surface area contributed by atoms with E-state index in [2.05, 4.69) is 19.7 Å². The highest BCUT2D eigenvalue weighted by Crippen LogP contribution is 2.37. The van der Waals surface area contributed by atoms with E-state index in [9.17, 15) is 18.3 Å². The number of rotatable bonds is 7. The third kappa shape index (κ3) is 7.86. The van der Waals surface area contributed by atoms with Crippen molar-refractivity contribution in [1.29, 1.82) is 0 Å². The summed E-state index contributed by atoms with van der Waals surface area (Å²) < 4.78 is 48.1. The molecule has 0 unspecified atom stereocenters. The van der Waals surface area contributed by atoms with Gasteiger partial charge >= 0.3 is 0 Å². The number of aliphatic hydroxyl groups is 1. The summed E-state index contributed by atoms with van der Waals surface area (Å²) in [4.78, 5) is 0. The van der Waals surface area contributed by atoms with Gasteiger partial charge in [0.2, 0.25) is 0 Å². The van der Waals surface area contributed by atoms with Crippen molar-refractivity contribution in [2.45, 2.75) is 44.6 Å². The molecule has 3 rings (SSSR count). The van der Waals surface area contributed by atoms with Gasteiger partial charge in [-0.05, 0) is 66.9 Å². The Morgan fingerprint density at radius 2 is 1.60 bits per heavy atom. The number of hydrogen-bond donors (Lipinski definition) is 1. The Bertz CT molecular complexity index is 1090. The summed E-state index contributed by atoms with van der Waals surface area (Å²) >= 11 is 0. The van der Waals surface area contributed by atoms with Crippen LogP contribution < -0.4 is 0 Å². The third-order valence-electron chi connectivity index (χ3n) is 5.79. The fourth-order valence-corrected chi connectivity index (χ4v) is 3.86. The average molecular weight is 483 g/mol. The van der Waals surface area contributed by atoms with Crippen LogP contribution in [0.2, 0.25) is 0 Å². The number of hydrogen-bond acceptors (Lipinski definition) is 2. The van der Waals surface area contributed by atoms with Gasteiger partial charge in [0.25, 0.3) is 0 Å². The molecule has 2 nitrogen and oxygen atoms in total. The maximum absolute atomic E-state index is 14.8. The summed E-state index contributed by atoms with van der Waals surface area (Å²) in [7, 11) is 1.33. The van der Waals surface area contributed by atoms with Crippen LogP contribution in [0.15, 0.2) is 91.5 Å². The van der Waals surface area contributed by atoms with Crippen molar-refractivity contribution in [3.05, 3.63) is 114 Å². The Balaban J connectivity index is 0.00000137. The molecule has 2 aromatic rings. The number of aliphatic hydroxyl groups excluding tert-OH is 1. The van der Waals surface area contributed by atoms with E-state index in [4.69, 9.17) is 4.74 Å². The molecule has 5 heteroatoms.